The molecule has 1 saturated heterocycles. The predicted octanol–water partition coefficient (Wildman–Crippen LogP) is 1.57. The zero-order valence-electron chi connectivity index (χ0n) is 12.8. The maximum Gasteiger partial charge on any atom is 0.310 e. The maximum atomic E-state index is 12.2. The highest BCUT2D eigenvalue weighted by atomic mass is 16.6. The molecule has 1 aromatic rings. The van der Waals surface area contributed by atoms with Gasteiger partial charge in [-0.15, -0.1) is 0 Å². The Hall–Kier alpha value is -2.15. The van der Waals surface area contributed by atoms with E-state index in [0.717, 1.165) is 6.54 Å². The molecular weight excluding hydrogens is 286 g/mol. The number of rotatable bonds is 5. The van der Waals surface area contributed by atoms with Crippen LogP contribution in [-0.2, 0) is 4.79 Å². The van der Waals surface area contributed by atoms with E-state index in [4.69, 9.17) is 4.74 Å². The smallest absolute Gasteiger partial charge is 0.310 e. The molecule has 120 valence electrons. The average molecular weight is 307 g/mol. The summed E-state index contributed by atoms with van der Waals surface area (Å²) in [6.45, 7) is 5.65. The average Bonchev–Trinajstić information content (AvgIpc) is 2.50. The fourth-order valence-electron chi connectivity index (χ4n) is 2.53. The molecule has 1 heterocycles. The van der Waals surface area contributed by atoms with Crippen molar-refractivity contribution in [2.24, 2.45) is 0 Å². The monoisotopic (exact) mass is 307 g/mol. The van der Waals surface area contributed by atoms with Crippen molar-refractivity contribution in [2.45, 2.75) is 32.4 Å². The number of nitro benzene ring substituents is 1. The van der Waals surface area contributed by atoms with Crippen LogP contribution in [0.2, 0.25) is 0 Å². The number of piperazine rings is 1. The van der Waals surface area contributed by atoms with Gasteiger partial charge in [0.05, 0.1) is 18.0 Å². The molecule has 1 fully saturated rings. The number of benzene rings is 1. The largest absolute Gasteiger partial charge is 0.486 e. The molecule has 2 rings (SSSR count). The second-order valence-electron chi connectivity index (χ2n) is 5.39. The van der Waals surface area contributed by atoms with Gasteiger partial charge in [0.25, 0.3) is 0 Å². The minimum atomic E-state index is -0.489. The second kappa shape index (κ2) is 7.22. The number of amides is 1. The fourth-order valence-corrected chi connectivity index (χ4v) is 2.53. The first kappa shape index (κ1) is 16.2. The molecule has 0 radical (unpaired) electrons. The number of nitrogens with zero attached hydrogens (tertiary/aromatic N) is 2. The molecule has 0 saturated carbocycles. The lowest BCUT2D eigenvalue weighted by molar-refractivity contribution is -0.385. The zero-order valence-corrected chi connectivity index (χ0v) is 12.8. The number of ether oxygens (including phenoxy) is 1. The molecule has 0 bridgehead atoms. The Balaban J connectivity index is 1.88. The van der Waals surface area contributed by atoms with Gasteiger partial charge >= 0.3 is 5.69 Å². The first-order chi connectivity index (χ1) is 10.5. The van der Waals surface area contributed by atoms with Crippen LogP contribution in [0.4, 0.5) is 5.69 Å². The summed E-state index contributed by atoms with van der Waals surface area (Å²) >= 11 is 0. The van der Waals surface area contributed by atoms with Crippen LogP contribution in [0, 0.1) is 10.1 Å². The highest BCUT2D eigenvalue weighted by Crippen LogP contribution is 2.25. The summed E-state index contributed by atoms with van der Waals surface area (Å²) in [5, 5.41) is 14.2. The number of nitro groups is 1. The molecule has 22 heavy (non-hydrogen) atoms. The Labute approximate surface area is 129 Å². The van der Waals surface area contributed by atoms with Crippen LogP contribution in [0.1, 0.15) is 20.3 Å². The molecule has 1 amide bonds. The third-order valence-corrected chi connectivity index (χ3v) is 3.99. The van der Waals surface area contributed by atoms with Crippen LogP contribution in [0.15, 0.2) is 24.3 Å². The maximum absolute atomic E-state index is 12.2. The van der Waals surface area contributed by atoms with Gasteiger partial charge in [-0.3, -0.25) is 14.9 Å². The van der Waals surface area contributed by atoms with Gasteiger partial charge in [-0.2, -0.15) is 0 Å². The summed E-state index contributed by atoms with van der Waals surface area (Å²) in [6.07, 6.45) is 0.211. The number of carbonyl (C=O) groups is 1. The number of hydrogen-bond donors (Lipinski definition) is 1. The minimum Gasteiger partial charge on any atom is -0.486 e. The summed E-state index contributed by atoms with van der Waals surface area (Å²) in [5.41, 5.74) is -0.0842. The van der Waals surface area contributed by atoms with Gasteiger partial charge in [0.1, 0.15) is 0 Å². The Morgan fingerprint density at radius 2 is 2.18 bits per heavy atom. The molecule has 0 aliphatic carbocycles. The van der Waals surface area contributed by atoms with Gasteiger partial charge in [0, 0.05) is 31.2 Å². The van der Waals surface area contributed by atoms with E-state index in [1.165, 1.54) is 12.1 Å². The standard InChI is InChI=1S/C15H21N3O4/c1-11-12(2)17(9-8-16-11)15(19)7-10-22-14-6-4-3-5-13(14)18(20)21/h3-6,11-12,16H,7-10H2,1-2H3. The van der Waals surface area contributed by atoms with Gasteiger partial charge in [0.15, 0.2) is 5.75 Å². The van der Waals surface area contributed by atoms with Gasteiger partial charge in [-0.1, -0.05) is 12.1 Å². The minimum absolute atomic E-state index is 0.0134. The Morgan fingerprint density at radius 3 is 2.91 bits per heavy atom. The highest BCUT2D eigenvalue weighted by Gasteiger charge is 2.27. The van der Waals surface area contributed by atoms with Crippen LogP contribution in [0.25, 0.3) is 0 Å². The number of carbonyl (C=O) groups excluding carboxylic acids is 1. The molecule has 7 heteroatoms. The lowest BCUT2D eigenvalue weighted by Gasteiger charge is -2.38. The summed E-state index contributed by atoms with van der Waals surface area (Å²) in [7, 11) is 0. The SMILES string of the molecule is CC1NCCN(C(=O)CCOc2ccccc2[N+](=O)[O-])C1C. The van der Waals surface area contributed by atoms with E-state index < -0.39 is 4.92 Å². The molecule has 0 aromatic heterocycles. The van der Waals surface area contributed by atoms with Crippen molar-refractivity contribution in [3.8, 4) is 5.75 Å². The van der Waals surface area contributed by atoms with Crippen molar-refractivity contribution in [1.29, 1.82) is 0 Å². The summed E-state index contributed by atoms with van der Waals surface area (Å²) in [6, 6.07) is 6.57. The van der Waals surface area contributed by atoms with Gasteiger partial charge in [0.2, 0.25) is 5.91 Å². The topological polar surface area (TPSA) is 84.7 Å². The first-order valence-electron chi connectivity index (χ1n) is 7.39. The van der Waals surface area contributed by atoms with Gasteiger partial charge in [-0.05, 0) is 19.9 Å². The third kappa shape index (κ3) is 3.73. The van der Waals surface area contributed by atoms with Crippen LogP contribution in [-0.4, -0.2) is 47.5 Å². The van der Waals surface area contributed by atoms with Crippen LogP contribution in [0.5, 0.6) is 5.75 Å². The van der Waals surface area contributed by atoms with Crippen molar-refractivity contribution < 1.29 is 14.5 Å². The zero-order chi connectivity index (χ0) is 16.1. The van der Waals surface area contributed by atoms with E-state index in [-0.39, 0.29) is 42.5 Å². The number of para-hydroxylation sites is 2. The van der Waals surface area contributed by atoms with Crippen molar-refractivity contribution in [2.75, 3.05) is 19.7 Å². The molecule has 0 spiro atoms. The third-order valence-electron chi connectivity index (χ3n) is 3.99. The van der Waals surface area contributed by atoms with Gasteiger partial charge < -0.3 is 15.0 Å². The van der Waals surface area contributed by atoms with E-state index in [0.29, 0.717) is 6.54 Å². The Bertz CT molecular complexity index is 549. The molecule has 1 N–H and O–H groups in total. The second-order valence-corrected chi connectivity index (χ2v) is 5.39. The predicted molar refractivity (Wildman–Crippen MR) is 81.8 cm³/mol. The Morgan fingerprint density at radius 1 is 1.45 bits per heavy atom. The van der Waals surface area contributed by atoms with E-state index in [2.05, 4.69) is 5.32 Å². The highest BCUT2D eigenvalue weighted by molar-refractivity contribution is 5.76. The van der Waals surface area contributed by atoms with Crippen LogP contribution < -0.4 is 10.1 Å². The molecule has 7 nitrogen and oxygen atoms in total. The molecule has 1 aromatic carbocycles. The molecule has 2 atom stereocenters. The number of nitrogens with one attached hydrogen (secondary N) is 1. The first-order valence-corrected chi connectivity index (χ1v) is 7.39. The Kier molecular flexibility index (Phi) is 5.32. The van der Waals surface area contributed by atoms with E-state index in [1.54, 1.807) is 12.1 Å². The normalized spacial score (nSPS) is 21.5. The van der Waals surface area contributed by atoms with E-state index >= 15 is 0 Å². The molecule has 2 unspecified atom stereocenters. The lowest BCUT2D eigenvalue weighted by Crippen LogP contribution is -2.57. The quantitative estimate of drug-likeness (QED) is 0.659. The molecule has 1 aliphatic rings. The van der Waals surface area contributed by atoms with Gasteiger partial charge in [-0.25, -0.2) is 0 Å². The lowest BCUT2D eigenvalue weighted by atomic mass is 10.1. The van der Waals surface area contributed by atoms with Crippen molar-refractivity contribution in [1.82, 2.24) is 10.2 Å². The number of hydrogen-bond acceptors (Lipinski definition) is 5. The van der Waals surface area contributed by atoms with Crippen molar-refractivity contribution in [3.05, 3.63) is 34.4 Å². The van der Waals surface area contributed by atoms with Crippen molar-refractivity contribution in [3.63, 3.8) is 0 Å². The van der Waals surface area contributed by atoms with Crippen LogP contribution >= 0.6 is 0 Å². The summed E-state index contributed by atoms with van der Waals surface area (Å²) in [4.78, 5) is 24.5. The molecular formula is C15H21N3O4. The van der Waals surface area contributed by atoms with Crippen LogP contribution in [0.3, 0.4) is 0 Å². The fraction of sp³-hybridized carbons (Fsp3) is 0.533. The van der Waals surface area contributed by atoms with E-state index in [9.17, 15) is 14.9 Å². The van der Waals surface area contributed by atoms with E-state index in [1.807, 2.05) is 18.7 Å². The van der Waals surface area contributed by atoms with Crippen molar-refractivity contribution >= 4 is 11.6 Å². The summed E-state index contributed by atoms with van der Waals surface area (Å²) < 4.78 is 5.42. The summed E-state index contributed by atoms with van der Waals surface area (Å²) in [5.74, 6) is 0.210. The molecule has 1 aliphatic heterocycles.